The maximum Gasteiger partial charge on any atom is 0.131 e. The van der Waals surface area contributed by atoms with Crippen LogP contribution in [0.5, 0.6) is 5.75 Å². The maximum absolute atomic E-state index is 5.89. The van der Waals surface area contributed by atoms with Gasteiger partial charge in [0.2, 0.25) is 0 Å². The van der Waals surface area contributed by atoms with Crippen LogP contribution >= 0.6 is 0 Å². The summed E-state index contributed by atoms with van der Waals surface area (Å²) < 4.78 is 5.55. The highest BCUT2D eigenvalue weighted by Gasteiger charge is 2.13. The van der Waals surface area contributed by atoms with Crippen molar-refractivity contribution in [3.8, 4) is 17.0 Å². The first-order valence-corrected chi connectivity index (χ1v) is 6.84. The van der Waals surface area contributed by atoms with E-state index in [9.17, 15) is 0 Å². The minimum absolute atomic E-state index is 0.499. The van der Waals surface area contributed by atoms with Gasteiger partial charge in [0.25, 0.3) is 0 Å². The van der Waals surface area contributed by atoms with Crippen molar-refractivity contribution in [1.29, 1.82) is 0 Å². The van der Waals surface area contributed by atoms with Gasteiger partial charge in [-0.05, 0) is 37.5 Å². The summed E-state index contributed by atoms with van der Waals surface area (Å²) in [6.07, 6.45) is 1.82. The number of aromatic nitrogens is 2. The van der Waals surface area contributed by atoms with Gasteiger partial charge in [0.15, 0.2) is 0 Å². The third-order valence-corrected chi connectivity index (χ3v) is 3.42. The van der Waals surface area contributed by atoms with E-state index in [0.717, 1.165) is 41.2 Å². The van der Waals surface area contributed by atoms with Crippen molar-refractivity contribution in [3.63, 3.8) is 0 Å². The number of rotatable bonds is 4. The smallest absolute Gasteiger partial charge is 0.131 e. The third-order valence-electron chi connectivity index (χ3n) is 3.42. The van der Waals surface area contributed by atoms with Crippen LogP contribution in [0.2, 0.25) is 0 Å². The molecule has 1 aromatic heterocycles. The quantitative estimate of drug-likeness (QED) is 0.926. The van der Waals surface area contributed by atoms with Gasteiger partial charge in [-0.3, -0.25) is 0 Å². The molecule has 4 nitrogen and oxygen atoms in total. The number of hydrogen-bond donors (Lipinski definition) is 1. The molecule has 0 fully saturated rings. The number of hydrogen-bond acceptors (Lipinski definition) is 4. The van der Waals surface area contributed by atoms with E-state index in [-0.39, 0.29) is 0 Å². The fraction of sp³-hybridized carbons (Fsp3) is 0.375. The van der Waals surface area contributed by atoms with Crippen LogP contribution in [-0.2, 0) is 6.42 Å². The largest absolute Gasteiger partial charge is 0.496 e. The third kappa shape index (κ3) is 2.74. The number of nitrogens with two attached hydrogens (primary N) is 1. The first kappa shape index (κ1) is 14.3. The molecule has 0 bridgehead atoms. The van der Waals surface area contributed by atoms with Crippen LogP contribution in [0.15, 0.2) is 18.2 Å². The summed E-state index contributed by atoms with van der Waals surface area (Å²) in [4.78, 5) is 8.87. The number of ether oxygens (including phenoxy) is 1. The molecule has 1 aromatic carbocycles. The van der Waals surface area contributed by atoms with Crippen molar-refractivity contribution < 1.29 is 4.74 Å². The molecule has 0 aliphatic carbocycles. The Hall–Kier alpha value is -2.10. The van der Waals surface area contributed by atoms with E-state index in [1.807, 2.05) is 6.07 Å². The Labute approximate surface area is 120 Å². The van der Waals surface area contributed by atoms with E-state index < -0.39 is 0 Å². The highest BCUT2D eigenvalue weighted by Crippen LogP contribution is 2.34. The summed E-state index contributed by atoms with van der Waals surface area (Å²) in [7, 11) is 1.68. The molecular formula is C16H21N3O. The minimum Gasteiger partial charge on any atom is -0.496 e. The van der Waals surface area contributed by atoms with Gasteiger partial charge >= 0.3 is 0 Å². The van der Waals surface area contributed by atoms with Crippen molar-refractivity contribution >= 4 is 5.82 Å². The van der Waals surface area contributed by atoms with E-state index in [0.29, 0.717) is 5.82 Å². The molecule has 2 aromatic rings. The molecule has 0 amide bonds. The molecule has 0 aliphatic rings. The van der Waals surface area contributed by atoms with Crippen molar-refractivity contribution in [2.24, 2.45) is 0 Å². The topological polar surface area (TPSA) is 61.0 Å². The van der Waals surface area contributed by atoms with Gasteiger partial charge in [-0.15, -0.1) is 0 Å². The number of aryl methyl sites for hydroxylation is 2. The first-order valence-electron chi connectivity index (χ1n) is 6.84. The Bertz CT molecular complexity index is 623. The molecule has 2 N–H and O–H groups in total. The lowest BCUT2D eigenvalue weighted by atomic mass is 10.0. The molecule has 1 heterocycles. The molecule has 106 valence electrons. The number of benzene rings is 1. The van der Waals surface area contributed by atoms with Crippen LogP contribution in [0.4, 0.5) is 5.82 Å². The highest BCUT2D eigenvalue weighted by atomic mass is 16.5. The Morgan fingerprint density at radius 2 is 1.95 bits per heavy atom. The lowest BCUT2D eigenvalue weighted by Crippen LogP contribution is -2.02. The number of nitrogen functional groups attached to an aromatic ring is 1. The summed E-state index contributed by atoms with van der Waals surface area (Å²) in [6.45, 7) is 6.22. The maximum atomic E-state index is 5.89. The molecule has 4 heteroatoms. The predicted octanol–water partition coefficient (Wildman–Crippen LogP) is 3.30. The fourth-order valence-electron chi connectivity index (χ4n) is 2.25. The minimum atomic E-state index is 0.499. The molecule has 0 aliphatic heterocycles. The molecule has 2 rings (SSSR count). The summed E-state index contributed by atoms with van der Waals surface area (Å²) in [5, 5.41) is 0. The molecule has 20 heavy (non-hydrogen) atoms. The normalized spacial score (nSPS) is 10.6. The van der Waals surface area contributed by atoms with Crippen molar-refractivity contribution in [3.05, 3.63) is 35.2 Å². The molecule has 0 saturated carbocycles. The van der Waals surface area contributed by atoms with Gasteiger partial charge in [-0.25, -0.2) is 9.97 Å². The van der Waals surface area contributed by atoms with Crippen LogP contribution in [0.1, 0.15) is 30.3 Å². The Morgan fingerprint density at radius 1 is 1.20 bits per heavy atom. The molecule has 0 unspecified atom stereocenters. The van der Waals surface area contributed by atoms with Gasteiger partial charge < -0.3 is 10.5 Å². The highest BCUT2D eigenvalue weighted by molar-refractivity contribution is 5.71. The van der Waals surface area contributed by atoms with Crippen LogP contribution in [-0.4, -0.2) is 17.1 Å². The van der Waals surface area contributed by atoms with Crippen LogP contribution in [0.3, 0.4) is 0 Å². The van der Waals surface area contributed by atoms with E-state index >= 15 is 0 Å². The summed E-state index contributed by atoms with van der Waals surface area (Å²) >= 11 is 0. The Morgan fingerprint density at radius 3 is 2.60 bits per heavy atom. The second-order valence-electron chi connectivity index (χ2n) is 4.93. The number of methoxy groups -OCH3 is 1. The summed E-state index contributed by atoms with van der Waals surface area (Å²) in [5.41, 5.74) is 10.00. The molecule has 0 saturated heterocycles. The van der Waals surface area contributed by atoms with Crippen LogP contribution in [0.25, 0.3) is 11.3 Å². The molecule has 0 radical (unpaired) electrons. The van der Waals surface area contributed by atoms with Crippen molar-refractivity contribution in [1.82, 2.24) is 9.97 Å². The zero-order chi connectivity index (χ0) is 14.7. The van der Waals surface area contributed by atoms with Gasteiger partial charge in [0.05, 0.1) is 12.8 Å². The number of anilines is 1. The summed E-state index contributed by atoms with van der Waals surface area (Å²) in [6, 6.07) is 5.90. The standard InChI is InChI=1S/C16H21N3O/c1-5-6-15-18-13(9-14(17)19-15)12-8-7-10(2)11(3)16(12)20-4/h7-9H,5-6H2,1-4H3,(H2,17,18,19). The lowest BCUT2D eigenvalue weighted by molar-refractivity contribution is 0.413. The zero-order valence-corrected chi connectivity index (χ0v) is 12.5. The van der Waals surface area contributed by atoms with Crippen molar-refractivity contribution in [2.75, 3.05) is 12.8 Å². The Kier molecular flexibility index (Phi) is 4.23. The first-order chi connectivity index (χ1) is 9.56. The lowest BCUT2D eigenvalue weighted by Gasteiger charge is -2.14. The monoisotopic (exact) mass is 271 g/mol. The van der Waals surface area contributed by atoms with Crippen LogP contribution in [0, 0.1) is 13.8 Å². The van der Waals surface area contributed by atoms with Gasteiger partial charge in [-0.1, -0.05) is 13.0 Å². The van der Waals surface area contributed by atoms with Gasteiger partial charge in [0.1, 0.15) is 17.4 Å². The average molecular weight is 271 g/mol. The van der Waals surface area contributed by atoms with Gasteiger partial charge in [-0.2, -0.15) is 0 Å². The second-order valence-corrected chi connectivity index (χ2v) is 4.93. The molecule has 0 spiro atoms. The van der Waals surface area contributed by atoms with E-state index in [4.69, 9.17) is 10.5 Å². The van der Waals surface area contributed by atoms with Gasteiger partial charge in [0, 0.05) is 18.1 Å². The molecule has 0 atom stereocenters. The second kappa shape index (κ2) is 5.90. The fourth-order valence-corrected chi connectivity index (χ4v) is 2.25. The Balaban J connectivity index is 2.59. The number of nitrogens with zero attached hydrogens (tertiary/aromatic N) is 2. The summed E-state index contributed by atoms with van der Waals surface area (Å²) in [5.74, 6) is 2.13. The zero-order valence-electron chi connectivity index (χ0n) is 12.5. The molecular weight excluding hydrogens is 250 g/mol. The van der Waals surface area contributed by atoms with E-state index in [2.05, 4.69) is 36.8 Å². The van der Waals surface area contributed by atoms with Crippen LogP contribution < -0.4 is 10.5 Å². The average Bonchev–Trinajstić information content (AvgIpc) is 2.41. The van der Waals surface area contributed by atoms with Crippen molar-refractivity contribution in [2.45, 2.75) is 33.6 Å². The SMILES string of the molecule is CCCc1nc(N)cc(-c2ccc(C)c(C)c2OC)n1. The van der Waals surface area contributed by atoms with E-state index in [1.54, 1.807) is 13.2 Å². The van der Waals surface area contributed by atoms with E-state index in [1.165, 1.54) is 5.56 Å². The predicted molar refractivity (Wildman–Crippen MR) is 81.9 cm³/mol.